The molecular weight excluding hydrogens is 452 g/mol. The summed E-state index contributed by atoms with van der Waals surface area (Å²) >= 11 is 0. The van der Waals surface area contributed by atoms with E-state index in [4.69, 9.17) is 0 Å². The number of hydrogen-bond acceptors (Lipinski definition) is 2. The molecule has 0 bridgehead atoms. The van der Waals surface area contributed by atoms with Gasteiger partial charge in [0.2, 0.25) is 0 Å². The number of aromatic hydroxyl groups is 2. The third-order valence-electron chi connectivity index (χ3n) is 8.14. The van der Waals surface area contributed by atoms with Crippen LogP contribution in [0.15, 0.2) is 121 Å². The van der Waals surface area contributed by atoms with Crippen LogP contribution in [0.4, 0.5) is 0 Å². The smallest absolute Gasteiger partial charge is 0.123 e. The zero-order valence-corrected chi connectivity index (χ0v) is 20.4. The summed E-state index contributed by atoms with van der Waals surface area (Å²) in [6.45, 7) is 0. The molecule has 6 aromatic carbocycles. The summed E-state index contributed by atoms with van der Waals surface area (Å²) in [5, 5.41) is 25.1. The van der Waals surface area contributed by atoms with Gasteiger partial charge >= 0.3 is 0 Å². The summed E-state index contributed by atoms with van der Waals surface area (Å²) < 4.78 is 0. The van der Waals surface area contributed by atoms with Crippen molar-refractivity contribution in [1.29, 1.82) is 0 Å². The molecule has 37 heavy (non-hydrogen) atoms. The molecule has 0 aromatic heterocycles. The van der Waals surface area contributed by atoms with E-state index in [0.29, 0.717) is 11.5 Å². The van der Waals surface area contributed by atoms with Crippen LogP contribution in [0.3, 0.4) is 0 Å². The maximum Gasteiger partial charge on any atom is 0.123 e. The molecule has 0 aliphatic heterocycles. The molecule has 7 rings (SSSR count). The lowest BCUT2D eigenvalue weighted by Gasteiger charge is -2.34. The highest BCUT2D eigenvalue weighted by molar-refractivity contribution is 5.93. The third kappa shape index (κ3) is 3.26. The lowest BCUT2D eigenvalue weighted by atomic mass is 9.68. The predicted molar refractivity (Wildman–Crippen MR) is 151 cm³/mol. The number of rotatable bonds is 4. The van der Waals surface area contributed by atoms with Crippen LogP contribution in [0.25, 0.3) is 32.7 Å². The van der Waals surface area contributed by atoms with Crippen molar-refractivity contribution in [2.45, 2.75) is 18.3 Å². The number of phenols is 2. The van der Waals surface area contributed by atoms with Gasteiger partial charge in [-0.25, -0.2) is 0 Å². The molecule has 0 unspecified atom stereocenters. The minimum absolute atomic E-state index is 0.310. The van der Waals surface area contributed by atoms with Crippen molar-refractivity contribution < 1.29 is 10.2 Å². The van der Waals surface area contributed by atoms with E-state index >= 15 is 0 Å². The molecule has 1 aliphatic carbocycles. The largest absolute Gasteiger partial charge is 0.507 e. The molecular formula is C35H26O2. The molecule has 6 aromatic rings. The van der Waals surface area contributed by atoms with Crippen LogP contribution in [0.1, 0.15) is 22.3 Å². The van der Waals surface area contributed by atoms with Crippen molar-refractivity contribution in [2.24, 2.45) is 0 Å². The van der Waals surface area contributed by atoms with Crippen molar-refractivity contribution in [3.8, 4) is 22.6 Å². The van der Waals surface area contributed by atoms with Crippen molar-refractivity contribution in [1.82, 2.24) is 0 Å². The minimum Gasteiger partial charge on any atom is -0.507 e. The van der Waals surface area contributed by atoms with Gasteiger partial charge in [-0.2, -0.15) is 0 Å². The first-order valence-corrected chi connectivity index (χ1v) is 12.7. The first-order valence-electron chi connectivity index (χ1n) is 12.7. The summed E-state index contributed by atoms with van der Waals surface area (Å²) in [5.41, 5.74) is 7.32. The first kappa shape index (κ1) is 21.7. The Kier molecular flexibility index (Phi) is 4.84. The lowest BCUT2D eigenvalue weighted by molar-refractivity contribution is 0.481. The van der Waals surface area contributed by atoms with Crippen LogP contribution in [-0.2, 0) is 18.3 Å². The highest BCUT2D eigenvalue weighted by atomic mass is 16.3. The summed E-state index contributed by atoms with van der Waals surface area (Å²) in [5.74, 6) is 0.621. The SMILES string of the molecule is Oc1cccc2c(CC3(Cc4cccc5c(O)cccc45)c4ccccc4-c4ccccc43)cccc12. The molecule has 0 heterocycles. The van der Waals surface area contributed by atoms with Gasteiger partial charge in [-0.3, -0.25) is 0 Å². The highest BCUT2D eigenvalue weighted by Crippen LogP contribution is 2.53. The van der Waals surface area contributed by atoms with Crippen molar-refractivity contribution in [3.05, 3.63) is 144 Å². The van der Waals surface area contributed by atoms with Gasteiger partial charge in [0.1, 0.15) is 11.5 Å². The molecule has 0 amide bonds. The molecule has 0 radical (unpaired) electrons. The Morgan fingerprint density at radius 3 is 1.30 bits per heavy atom. The molecule has 0 atom stereocenters. The molecule has 1 aliphatic rings. The summed E-state index contributed by atoms with van der Waals surface area (Å²) in [7, 11) is 0. The van der Waals surface area contributed by atoms with Crippen LogP contribution in [0, 0.1) is 0 Å². The number of benzene rings is 6. The molecule has 2 N–H and O–H groups in total. The van der Waals surface area contributed by atoms with Gasteiger partial charge in [0.15, 0.2) is 0 Å². The Balaban J connectivity index is 1.51. The Bertz CT molecular complexity index is 1680. The maximum absolute atomic E-state index is 10.6. The van der Waals surface area contributed by atoms with E-state index in [-0.39, 0.29) is 5.41 Å². The second kappa shape index (κ2) is 8.25. The summed E-state index contributed by atoms with van der Waals surface area (Å²) in [4.78, 5) is 0. The van der Waals surface area contributed by atoms with Gasteiger partial charge in [-0.15, -0.1) is 0 Å². The topological polar surface area (TPSA) is 40.5 Å². The van der Waals surface area contributed by atoms with Crippen molar-refractivity contribution in [2.75, 3.05) is 0 Å². The van der Waals surface area contributed by atoms with Gasteiger partial charge < -0.3 is 10.2 Å². The molecule has 0 saturated carbocycles. The Morgan fingerprint density at radius 2 is 0.811 bits per heavy atom. The number of phenolic OH excluding ortho intramolecular Hbond substituents is 2. The van der Waals surface area contributed by atoms with Crippen molar-refractivity contribution in [3.63, 3.8) is 0 Å². The average molecular weight is 479 g/mol. The quantitative estimate of drug-likeness (QED) is 0.268. The van der Waals surface area contributed by atoms with Crippen LogP contribution in [0.5, 0.6) is 11.5 Å². The van der Waals surface area contributed by atoms with Crippen molar-refractivity contribution >= 4 is 21.5 Å². The predicted octanol–water partition coefficient (Wildman–Crippen LogP) is 8.16. The average Bonchev–Trinajstić information content (AvgIpc) is 3.20. The van der Waals surface area contributed by atoms with Gasteiger partial charge in [0, 0.05) is 16.2 Å². The van der Waals surface area contributed by atoms with E-state index in [1.54, 1.807) is 12.1 Å². The first-order chi connectivity index (χ1) is 18.2. The van der Waals surface area contributed by atoms with Gasteiger partial charge in [0.05, 0.1) is 0 Å². The number of fused-ring (bicyclic) bond motifs is 5. The van der Waals surface area contributed by atoms with E-state index in [9.17, 15) is 10.2 Å². The van der Waals surface area contributed by atoms with E-state index in [1.807, 2.05) is 36.4 Å². The van der Waals surface area contributed by atoms with Crippen LogP contribution in [0.2, 0.25) is 0 Å². The Hall–Kier alpha value is -4.56. The fourth-order valence-electron chi connectivity index (χ4n) is 6.53. The zero-order chi connectivity index (χ0) is 25.0. The lowest BCUT2D eigenvalue weighted by Crippen LogP contribution is -2.31. The molecule has 178 valence electrons. The molecule has 2 nitrogen and oxygen atoms in total. The highest BCUT2D eigenvalue weighted by Gasteiger charge is 2.43. The summed E-state index contributed by atoms with van der Waals surface area (Å²) in [6.07, 6.45) is 1.58. The molecule has 0 saturated heterocycles. The van der Waals surface area contributed by atoms with E-state index < -0.39 is 0 Å². The van der Waals surface area contributed by atoms with E-state index in [0.717, 1.165) is 34.4 Å². The van der Waals surface area contributed by atoms with Crippen LogP contribution in [-0.4, -0.2) is 10.2 Å². The Morgan fingerprint density at radius 1 is 0.405 bits per heavy atom. The normalized spacial score (nSPS) is 13.5. The van der Waals surface area contributed by atoms with Gasteiger partial charge in [-0.05, 0) is 69.1 Å². The van der Waals surface area contributed by atoms with Crippen LogP contribution < -0.4 is 0 Å². The minimum atomic E-state index is -0.313. The van der Waals surface area contributed by atoms with E-state index in [1.165, 1.54) is 33.4 Å². The standard InChI is InChI=1S/C35H26O2/c36-33-19-7-13-25-23(9-5-15-29(25)33)21-35(22-24-10-6-16-30-26(24)14-8-20-34(30)37)31-17-3-1-11-27(31)28-12-2-4-18-32(28)35/h1-20,36-37H,21-22H2. The third-order valence-corrected chi connectivity index (χ3v) is 8.14. The second-order valence-corrected chi connectivity index (χ2v) is 10.1. The summed E-state index contributed by atoms with van der Waals surface area (Å²) in [6, 6.07) is 41.6. The fraction of sp³-hybridized carbons (Fsp3) is 0.0857. The zero-order valence-electron chi connectivity index (χ0n) is 20.4. The molecule has 2 heteroatoms. The maximum atomic E-state index is 10.6. The monoisotopic (exact) mass is 478 g/mol. The van der Waals surface area contributed by atoms with E-state index in [2.05, 4.69) is 72.8 Å². The number of hydrogen-bond donors (Lipinski definition) is 2. The Labute approximate surface area is 216 Å². The molecule has 0 fully saturated rings. The van der Waals surface area contributed by atoms with Crippen LogP contribution >= 0.6 is 0 Å². The van der Waals surface area contributed by atoms with Gasteiger partial charge in [-0.1, -0.05) is 109 Å². The molecule has 0 spiro atoms. The van der Waals surface area contributed by atoms with Gasteiger partial charge in [0.25, 0.3) is 0 Å². The second-order valence-electron chi connectivity index (χ2n) is 10.1. The fourth-order valence-corrected chi connectivity index (χ4v) is 6.53.